The molecule has 5 rings (SSSR count). The first kappa shape index (κ1) is 18.5. The van der Waals surface area contributed by atoms with Crippen molar-refractivity contribution in [1.29, 1.82) is 0 Å². The molecule has 0 spiro atoms. The zero-order valence-electron chi connectivity index (χ0n) is 16.4. The topological polar surface area (TPSA) is 55.3 Å². The number of thiazole rings is 1. The van der Waals surface area contributed by atoms with Gasteiger partial charge in [0.1, 0.15) is 10.8 Å². The number of hydrogen-bond donors (Lipinski definition) is 0. The zero-order chi connectivity index (χ0) is 20.5. The number of rotatable bonds is 4. The average molecular weight is 414 g/mol. The van der Waals surface area contributed by atoms with Gasteiger partial charge in [-0.1, -0.05) is 36.4 Å². The molecule has 6 heteroatoms. The van der Waals surface area contributed by atoms with Crippen LogP contribution in [0.2, 0.25) is 0 Å². The lowest BCUT2D eigenvalue weighted by Crippen LogP contribution is -2.38. The van der Waals surface area contributed by atoms with E-state index in [1.54, 1.807) is 22.4 Å². The Balaban J connectivity index is 1.53. The van der Waals surface area contributed by atoms with E-state index in [0.717, 1.165) is 38.1 Å². The third kappa shape index (κ3) is 3.46. The number of pyridine rings is 1. The van der Waals surface area contributed by atoms with Crippen LogP contribution < -0.4 is 9.64 Å². The fourth-order valence-electron chi connectivity index (χ4n) is 3.55. The second-order valence-electron chi connectivity index (χ2n) is 7.08. The molecule has 0 saturated heterocycles. The minimum Gasteiger partial charge on any atom is -0.482 e. The summed E-state index contributed by atoms with van der Waals surface area (Å²) in [6.07, 6.45) is 1.77. The van der Waals surface area contributed by atoms with Crippen LogP contribution in [-0.4, -0.2) is 22.5 Å². The molecule has 0 N–H and O–H groups in total. The molecular weight excluding hydrogens is 394 g/mol. The molecule has 0 unspecified atom stereocenters. The Hall–Kier alpha value is -3.51. The van der Waals surface area contributed by atoms with E-state index in [1.807, 2.05) is 66.7 Å². The van der Waals surface area contributed by atoms with Crippen molar-refractivity contribution in [2.24, 2.45) is 0 Å². The number of aromatic nitrogens is 2. The summed E-state index contributed by atoms with van der Waals surface area (Å²) >= 11 is 1.62. The summed E-state index contributed by atoms with van der Waals surface area (Å²) < 4.78 is 5.68. The molecular formula is C24H19N3O2S. The molecule has 0 atom stereocenters. The highest BCUT2D eigenvalue weighted by Gasteiger charge is 2.26. The number of anilines is 1. The van der Waals surface area contributed by atoms with E-state index >= 15 is 0 Å². The van der Waals surface area contributed by atoms with E-state index in [0.29, 0.717) is 12.3 Å². The molecule has 4 aromatic rings. The number of carbonyl (C=O) groups excluding carboxylic acids is 1. The van der Waals surface area contributed by atoms with Gasteiger partial charge in [-0.15, -0.1) is 11.3 Å². The average Bonchev–Trinajstić information content (AvgIpc) is 3.18. The lowest BCUT2D eigenvalue weighted by Gasteiger charge is -2.30. The highest BCUT2D eigenvalue weighted by molar-refractivity contribution is 7.15. The highest BCUT2D eigenvalue weighted by atomic mass is 32.1. The number of hydrogen-bond acceptors (Lipinski definition) is 5. The highest BCUT2D eigenvalue weighted by Crippen LogP contribution is 2.39. The van der Waals surface area contributed by atoms with Gasteiger partial charge in [0.2, 0.25) is 0 Å². The molecule has 0 fully saturated rings. The molecule has 2 aromatic carbocycles. The first-order valence-corrected chi connectivity index (χ1v) is 10.5. The fourth-order valence-corrected chi connectivity index (χ4v) is 4.46. The van der Waals surface area contributed by atoms with E-state index < -0.39 is 0 Å². The number of fused-ring (bicyclic) bond motifs is 1. The van der Waals surface area contributed by atoms with Crippen LogP contribution in [0.1, 0.15) is 10.4 Å². The summed E-state index contributed by atoms with van der Waals surface area (Å²) in [6, 6.07) is 21.7. The molecule has 1 amide bonds. The lowest BCUT2D eigenvalue weighted by molar-refractivity contribution is -0.121. The standard InChI is InChI=1S/C24H19N3O2S/c1-16-23(26-24(30-16)19-9-5-6-12-25-19)18-10-11-21-20(13-18)27(22(28)15-29-21)14-17-7-3-2-4-8-17/h2-13H,14-15H2,1H3. The second kappa shape index (κ2) is 7.72. The smallest absolute Gasteiger partial charge is 0.265 e. The van der Waals surface area contributed by atoms with Crippen LogP contribution in [0.25, 0.3) is 22.0 Å². The van der Waals surface area contributed by atoms with E-state index in [1.165, 1.54) is 0 Å². The van der Waals surface area contributed by atoms with Gasteiger partial charge in [0.15, 0.2) is 6.61 Å². The van der Waals surface area contributed by atoms with Crippen molar-refractivity contribution in [1.82, 2.24) is 9.97 Å². The number of benzene rings is 2. The van der Waals surface area contributed by atoms with Gasteiger partial charge in [-0.05, 0) is 42.8 Å². The molecule has 1 aliphatic rings. The molecule has 0 radical (unpaired) electrons. The normalized spacial score (nSPS) is 13.1. The summed E-state index contributed by atoms with van der Waals surface area (Å²) in [4.78, 5) is 24.8. The number of ether oxygens (including phenoxy) is 1. The van der Waals surface area contributed by atoms with Crippen LogP contribution in [0.4, 0.5) is 5.69 Å². The van der Waals surface area contributed by atoms with Crippen molar-refractivity contribution in [2.75, 3.05) is 11.5 Å². The van der Waals surface area contributed by atoms with E-state index in [9.17, 15) is 4.79 Å². The minimum absolute atomic E-state index is 0.0484. The number of aryl methyl sites for hydroxylation is 1. The molecule has 0 aliphatic carbocycles. The van der Waals surface area contributed by atoms with Gasteiger partial charge in [-0.25, -0.2) is 4.98 Å². The van der Waals surface area contributed by atoms with Crippen molar-refractivity contribution in [3.8, 4) is 27.7 Å². The molecule has 2 aromatic heterocycles. The third-order valence-electron chi connectivity index (χ3n) is 5.04. The van der Waals surface area contributed by atoms with Crippen LogP contribution in [0.3, 0.4) is 0 Å². The van der Waals surface area contributed by atoms with Crippen molar-refractivity contribution in [2.45, 2.75) is 13.5 Å². The summed E-state index contributed by atoms with van der Waals surface area (Å²) in [5.41, 5.74) is 4.58. The predicted molar refractivity (Wildman–Crippen MR) is 119 cm³/mol. The van der Waals surface area contributed by atoms with Gasteiger partial charge in [-0.3, -0.25) is 9.78 Å². The number of amides is 1. The van der Waals surface area contributed by atoms with Crippen LogP contribution in [0.15, 0.2) is 72.9 Å². The maximum absolute atomic E-state index is 12.6. The summed E-state index contributed by atoms with van der Waals surface area (Å²) in [7, 11) is 0. The first-order valence-electron chi connectivity index (χ1n) is 9.69. The van der Waals surface area contributed by atoms with Crippen LogP contribution in [0, 0.1) is 6.92 Å². The van der Waals surface area contributed by atoms with Crippen molar-refractivity contribution in [3.05, 3.63) is 83.4 Å². The van der Waals surface area contributed by atoms with Crippen LogP contribution >= 0.6 is 11.3 Å². The summed E-state index contributed by atoms with van der Waals surface area (Å²) in [5, 5.41) is 0.884. The van der Waals surface area contributed by atoms with Crippen LogP contribution in [-0.2, 0) is 11.3 Å². The van der Waals surface area contributed by atoms with Gasteiger partial charge >= 0.3 is 0 Å². The quantitative estimate of drug-likeness (QED) is 0.467. The molecule has 5 nitrogen and oxygen atoms in total. The largest absolute Gasteiger partial charge is 0.482 e. The Labute approximate surface area is 178 Å². The third-order valence-corrected chi connectivity index (χ3v) is 6.03. The monoisotopic (exact) mass is 413 g/mol. The Morgan fingerprint density at radius 3 is 2.70 bits per heavy atom. The number of carbonyl (C=O) groups is 1. The van der Waals surface area contributed by atoms with Crippen molar-refractivity contribution in [3.63, 3.8) is 0 Å². The van der Waals surface area contributed by atoms with E-state index in [2.05, 4.69) is 11.9 Å². The fraction of sp³-hybridized carbons (Fsp3) is 0.125. The predicted octanol–water partition coefficient (Wildman–Crippen LogP) is 5.11. The van der Waals surface area contributed by atoms with Gasteiger partial charge in [0.25, 0.3) is 5.91 Å². The summed E-state index contributed by atoms with van der Waals surface area (Å²) in [6.45, 7) is 2.62. The van der Waals surface area contributed by atoms with Crippen LogP contribution in [0.5, 0.6) is 5.75 Å². The van der Waals surface area contributed by atoms with Crippen molar-refractivity contribution < 1.29 is 9.53 Å². The minimum atomic E-state index is -0.0484. The SMILES string of the molecule is Cc1sc(-c2ccccn2)nc1-c1ccc2c(c1)N(Cc1ccccc1)C(=O)CO2. The molecule has 148 valence electrons. The molecule has 30 heavy (non-hydrogen) atoms. The first-order chi connectivity index (χ1) is 14.7. The zero-order valence-corrected chi connectivity index (χ0v) is 17.2. The molecule has 3 heterocycles. The Bertz CT molecular complexity index is 1210. The van der Waals surface area contributed by atoms with Gasteiger partial charge < -0.3 is 9.64 Å². The molecule has 0 saturated carbocycles. The molecule has 1 aliphatic heterocycles. The molecule has 0 bridgehead atoms. The second-order valence-corrected chi connectivity index (χ2v) is 8.28. The van der Waals surface area contributed by atoms with Crippen molar-refractivity contribution >= 4 is 22.9 Å². The maximum Gasteiger partial charge on any atom is 0.265 e. The summed E-state index contributed by atoms with van der Waals surface area (Å²) in [5.74, 6) is 0.666. The Morgan fingerprint density at radius 2 is 1.90 bits per heavy atom. The van der Waals surface area contributed by atoms with Gasteiger partial charge in [0, 0.05) is 16.6 Å². The van der Waals surface area contributed by atoms with Gasteiger partial charge in [0.05, 0.1) is 23.6 Å². The van der Waals surface area contributed by atoms with Gasteiger partial charge in [-0.2, -0.15) is 0 Å². The Morgan fingerprint density at radius 1 is 1.07 bits per heavy atom. The number of nitrogens with zero attached hydrogens (tertiary/aromatic N) is 3. The van der Waals surface area contributed by atoms with E-state index in [4.69, 9.17) is 9.72 Å². The van der Waals surface area contributed by atoms with E-state index in [-0.39, 0.29) is 12.5 Å². The lowest BCUT2D eigenvalue weighted by atomic mass is 10.1. The Kier molecular flexibility index (Phi) is 4.77. The maximum atomic E-state index is 12.6.